The highest BCUT2D eigenvalue weighted by Crippen LogP contribution is 2.48. The van der Waals surface area contributed by atoms with Crippen molar-refractivity contribution in [2.75, 3.05) is 13.1 Å². The average molecular weight is 349 g/mol. The fourth-order valence-corrected chi connectivity index (χ4v) is 3.78. The first kappa shape index (κ1) is 16.8. The van der Waals surface area contributed by atoms with Crippen LogP contribution in [0.1, 0.15) is 41.1 Å². The van der Waals surface area contributed by atoms with E-state index in [1.165, 1.54) is 5.56 Å². The van der Waals surface area contributed by atoms with E-state index in [2.05, 4.69) is 22.4 Å². The SMILES string of the molecule is O=C(NC1CCN(C(=O)C2CC2c2ccccc2)CC1)c1cccnc1. The molecule has 1 aliphatic heterocycles. The third-order valence-electron chi connectivity index (χ3n) is 5.40. The molecule has 1 saturated heterocycles. The van der Waals surface area contributed by atoms with Gasteiger partial charge < -0.3 is 10.2 Å². The molecule has 1 N–H and O–H groups in total. The fraction of sp³-hybridized carbons (Fsp3) is 0.381. The van der Waals surface area contributed by atoms with E-state index in [4.69, 9.17) is 0 Å². The largest absolute Gasteiger partial charge is 0.349 e. The van der Waals surface area contributed by atoms with Crippen molar-refractivity contribution in [2.45, 2.75) is 31.2 Å². The van der Waals surface area contributed by atoms with Crippen LogP contribution in [0.15, 0.2) is 54.9 Å². The Morgan fingerprint density at radius 3 is 2.50 bits per heavy atom. The molecule has 1 aromatic heterocycles. The lowest BCUT2D eigenvalue weighted by atomic mass is 10.0. The summed E-state index contributed by atoms with van der Waals surface area (Å²) in [4.78, 5) is 30.9. The Labute approximate surface area is 153 Å². The first-order chi connectivity index (χ1) is 12.7. The summed E-state index contributed by atoms with van der Waals surface area (Å²) in [6.45, 7) is 1.43. The Balaban J connectivity index is 1.26. The second-order valence-corrected chi connectivity index (χ2v) is 7.17. The summed E-state index contributed by atoms with van der Waals surface area (Å²) >= 11 is 0. The van der Waals surface area contributed by atoms with E-state index in [-0.39, 0.29) is 23.8 Å². The molecular formula is C21H23N3O2. The van der Waals surface area contributed by atoms with Crippen molar-refractivity contribution >= 4 is 11.8 Å². The van der Waals surface area contributed by atoms with Gasteiger partial charge in [-0.3, -0.25) is 14.6 Å². The van der Waals surface area contributed by atoms with Gasteiger partial charge in [0.05, 0.1) is 5.56 Å². The molecule has 2 aromatic rings. The second kappa shape index (κ2) is 7.28. The van der Waals surface area contributed by atoms with Crippen molar-refractivity contribution in [3.05, 3.63) is 66.0 Å². The van der Waals surface area contributed by atoms with Crippen LogP contribution in [0.3, 0.4) is 0 Å². The maximum atomic E-state index is 12.7. The van der Waals surface area contributed by atoms with Crippen LogP contribution in [-0.2, 0) is 4.79 Å². The maximum absolute atomic E-state index is 12.7. The topological polar surface area (TPSA) is 62.3 Å². The van der Waals surface area contributed by atoms with Crippen molar-refractivity contribution < 1.29 is 9.59 Å². The molecule has 0 radical (unpaired) electrons. The molecule has 2 unspecified atom stereocenters. The number of carbonyl (C=O) groups excluding carboxylic acids is 2. The molecule has 2 amide bonds. The maximum Gasteiger partial charge on any atom is 0.253 e. The van der Waals surface area contributed by atoms with Crippen molar-refractivity contribution in [1.82, 2.24) is 15.2 Å². The zero-order valence-corrected chi connectivity index (χ0v) is 14.7. The zero-order chi connectivity index (χ0) is 17.9. The molecule has 2 fully saturated rings. The Kier molecular flexibility index (Phi) is 4.69. The third-order valence-corrected chi connectivity index (χ3v) is 5.40. The molecule has 26 heavy (non-hydrogen) atoms. The van der Waals surface area contributed by atoms with Gasteiger partial charge >= 0.3 is 0 Å². The minimum atomic E-state index is -0.0887. The van der Waals surface area contributed by atoms with Crippen LogP contribution in [0.25, 0.3) is 0 Å². The lowest BCUT2D eigenvalue weighted by Crippen LogP contribution is -2.47. The standard InChI is InChI=1S/C21H23N3O2/c25-20(16-7-4-10-22-14-16)23-17-8-11-24(12-9-17)21(26)19-13-18(19)15-5-2-1-3-6-15/h1-7,10,14,17-19H,8-9,11-13H2,(H,23,25). The summed E-state index contributed by atoms with van der Waals surface area (Å²) in [6, 6.07) is 13.9. The lowest BCUT2D eigenvalue weighted by molar-refractivity contribution is -0.133. The normalized spacial score (nSPS) is 22.7. The van der Waals surface area contributed by atoms with E-state index < -0.39 is 0 Å². The summed E-state index contributed by atoms with van der Waals surface area (Å²) in [6.07, 6.45) is 5.80. The number of likely N-dealkylation sites (tertiary alicyclic amines) is 1. The summed E-state index contributed by atoms with van der Waals surface area (Å²) < 4.78 is 0. The first-order valence-corrected chi connectivity index (χ1v) is 9.27. The average Bonchev–Trinajstić information content (AvgIpc) is 3.50. The second-order valence-electron chi connectivity index (χ2n) is 7.17. The molecular weight excluding hydrogens is 326 g/mol. The molecule has 4 rings (SSSR count). The summed E-state index contributed by atoms with van der Waals surface area (Å²) in [5.74, 6) is 0.704. The number of nitrogens with one attached hydrogen (secondary N) is 1. The van der Waals surface area contributed by atoms with E-state index in [1.807, 2.05) is 23.1 Å². The van der Waals surface area contributed by atoms with Crippen LogP contribution in [0, 0.1) is 5.92 Å². The zero-order valence-electron chi connectivity index (χ0n) is 14.7. The van der Waals surface area contributed by atoms with Gasteiger partial charge in [-0.05, 0) is 42.9 Å². The fourth-order valence-electron chi connectivity index (χ4n) is 3.78. The molecule has 134 valence electrons. The van der Waals surface area contributed by atoms with Crippen molar-refractivity contribution in [1.29, 1.82) is 0 Å². The molecule has 1 aliphatic carbocycles. The summed E-state index contributed by atoms with van der Waals surface area (Å²) in [5.41, 5.74) is 1.85. The lowest BCUT2D eigenvalue weighted by Gasteiger charge is -2.32. The molecule has 5 heteroatoms. The number of hydrogen-bond donors (Lipinski definition) is 1. The Bertz CT molecular complexity index is 770. The molecule has 2 aliphatic rings. The van der Waals surface area contributed by atoms with Gasteiger partial charge in [-0.2, -0.15) is 0 Å². The smallest absolute Gasteiger partial charge is 0.253 e. The number of pyridine rings is 1. The van der Waals surface area contributed by atoms with Crippen LogP contribution >= 0.6 is 0 Å². The molecule has 1 saturated carbocycles. The van der Waals surface area contributed by atoms with E-state index in [1.54, 1.807) is 24.5 Å². The van der Waals surface area contributed by atoms with Crippen molar-refractivity contribution in [2.24, 2.45) is 5.92 Å². The van der Waals surface area contributed by atoms with Gasteiger partial charge in [0.25, 0.3) is 5.91 Å². The van der Waals surface area contributed by atoms with Gasteiger partial charge in [0, 0.05) is 37.4 Å². The number of amides is 2. The van der Waals surface area contributed by atoms with Gasteiger partial charge in [0.1, 0.15) is 0 Å². The van der Waals surface area contributed by atoms with Gasteiger partial charge in [0.2, 0.25) is 5.91 Å². The number of piperidine rings is 1. The van der Waals surface area contributed by atoms with Crippen LogP contribution in [0.5, 0.6) is 0 Å². The molecule has 0 bridgehead atoms. The van der Waals surface area contributed by atoms with Gasteiger partial charge in [-0.15, -0.1) is 0 Å². The number of carbonyl (C=O) groups is 2. The molecule has 5 nitrogen and oxygen atoms in total. The Hall–Kier alpha value is -2.69. The molecule has 2 heterocycles. The Morgan fingerprint density at radius 2 is 1.81 bits per heavy atom. The van der Waals surface area contributed by atoms with Crippen LogP contribution < -0.4 is 5.32 Å². The van der Waals surface area contributed by atoms with Crippen LogP contribution in [-0.4, -0.2) is 40.8 Å². The van der Waals surface area contributed by atoms with E-state index in [0.717, 1.165) is 32.4 Å². The minimum Gasteiger partial charge on any atom is -0.349 e. The molecule has 0 spiro atoms. The predicted molar refractivity (Wildman–Crippen MR) is 98.6 cm³/mol. The van der Waals surface area contributed by atoms with Crippen LogP contribution in [0.4, 0.5) is 0 Å². The van der Waals surface area contributed by atoms with E-state index in [0.29, 0.717) is 11.5 Å². The third kappa shape index (κ3) is 3.62. The summed E-state index contributed by atoms with van der Waals surface area (Å²) in [5, 5.41) is 3.06. The highest BCUT2D eigenvalue weighted by atomic mass is 16.2. The number of benzene rings is 1. The van der Waals surface area contributed by atoms with Crippen molar-refractivity contribution in [3.63, 3.8) is 0 Å². The van der Waals surface area contributed by atoms with E-state index in [9.17, 15) is 9.59 Å². The Morgan fingerprint density at radius 1 is 1.04 bits per heavy atom. The number of aromatic nitrogens is 1. The van der Waals surface area contributed by atoms with Gasteiger partial charge in [-0.25, -0.2) is 0 Å². The van der Waals surface area contributed by atoms with Gasteiger partial charge in [-0.1, -0.05) is 30.3 Å². The monoisotopic (exact) mass is 349 g/mol. The molecule has 2 atom stereocenters. The first-order valence-electron chi connectivity index (χ1n) is 9.27. The number of nitrogens with zero attached hydrogens (tertiary/aromatic N) is 2. The van der Waals surface area contributed by atoms with Crippen LogP contribution in [0.2, 0.25) is 0 Å². The number of rotatable bonds is 4. The van der Waals surface area contributed by atoms with Crippen molar-refractivity contribution in [3.8, 4) is 0 Å². The van der Waals surface area contributed by atoms with E-state index >= 15 is 0 Å². The highest BCUT2D eigenvalue weighted by Gasteiger charge is 2.46. The molecule has 1 aromatic carbocycles. The highest BCUT2D eigenvalue weighted by molar-refractivity contribution is 5.94. The predicted octanol–water partition coefficient (Wildman–Crippen LogP) is 2.61. The number of hydrogen-bond acceptors (Lipinski definition) is 3. The summed E-state index contributed by atoms with van der Waals surface area (Å²) in [7, 11) is 0. The quantitative estimate of drug-likeness (QED) is 0.923. The van der Waals surface area contributed by atoms with Gasteiger partial charge in [0.15, 0.2) is 0 Å². The minimum absolute atomic E-state index is 0.0887.